The fourth-order valence-corrected chi connectivity index (χ4v) is 2.98. The van der Waals surface area contributed by atoms with Crippen molar-refractivity contribution in [1.82, 2.24) is 4.90 Å². The summed E-state index contributed by atoms with van der Waals surface area (Å²) in [7, 11) is 0. The number of carbonyl (C=O) groups excluding carboxylic acids is 1. The summed E-state index contributed by atoms with van der Waals surface area (Å²) in [5, 5.41) is 10.1. The summed E-state index contributed by atoms with van der Waals surface area (Å²) in [5.74, 6) is -0.554. The first-order valence-corrected chi connectivity index (χ1v) is 7.54. The van der Waals surface area contributed by atoms with E-state index in [2.05, 4.69) is 0 Å². The van der Waals surface area contributed by atoms with E-state index in [4.69, 9.17) is 11.6 Å². The second kappa shape index (κ2) is 5.93. The van der Waals surface area contributed by atoms with E-state index >= 15 is 0 Å². The Labute approximate surface area is 129 Å². The highest BCUT2D eigenvalue weighted by molar-refractivity contribution is 6.30. The van der Waals surface area contributed by atoms with Crippen molar-refractivity contribution < 1.29 is 14.3 Å². The van der Waals surface area contributed by atoms with Crippen molar-refractivity contribution >= 4 is 17.5 Å². The molecule has 0 saturated carbocycles. The van der Waals surface area contributed by atoms with Crippen molar-refractivity contribution in [3.8, 4) is 0 Å². The average Bonchev–Trinajstić information content (AvgIpc) is 2.40. The van der Waals surface area contributed by atoms with Crippen LogP contribution < -0.4 is 0 Å². The quantitative estimate of drug-likeness (QED) is 0.912. The number of halogens is 2. The minimum Gasteiger partial charge on any atom is -0.393 e. The Kier molecular flexibility index (Phi) is 4.59. The van der Waals surface area contributed by atoms with Gasteiger partial charge in [-0.05, 0) is 38.3 Å². The Morgan fingerprint density at radius 3 is 2.71 bits per heavy atom. The molecule has 1 saturated heterocycles. The molecule has 21 heavy (non-hydrogen) atoms. The minimum atomic E-state index is -0.962. The molecule has 1 aliphatic rings. The van der Waals surface area contributed by atoms with Crippen LogP contribution in [-0.4, -0.2) is 35.1 Å². The molecule has 0 aromatic heterocycles. The van der Waals surface area contributed by atoms with Gasteiger partial charge in [-0.15, -0.1) is 0 Å². The van der Waals surface area contributed by atoms with E-state index in [1.54, 1.807) is 30.9 Å². The van der Waals surface area contributed by atoms with Crippen LogP contribution in [-0.2, 0) is 10.2 Å². The van der Waals surface area contributed by atoms with E-state index in [0.717, 1.165) is 0 Å². The molecular weight excluding hydrogens is 293 g/mol. The Morgan fingerprint density at radius 2 is 2.14 bits per heavy atom. The molecule has 1 fully saturated rings. The first kappa shape index (κ1) is 16.2. The molecule has 2 atom stereocenters. The van der Waals surface area contributed by atoms with Crippen molar-refractivity contribution in [3.63, 3.8) is 0 Å². The van der Waals surface area contributed by atoms with Gasteiger partial charge in [-0.25, -0.2) is 4.39 Å². The largest absolute Gasteiger partial charge is 0.393 e. The molecular formula is C16H21ClFNO2. The predicted octanol–water partition coefficient (Wildman–Crippen LogP) is 2.99. The highest BCUT2D eigenvalue weighted by Gasteiger charge is 2.38. The molecule has 1 aromatic carbocycles. The number of rotatable bonds is 2. The van der Waals surface area contributed by atoms with Crippen LogP contribution >= 0.6 is 11.6 Å². The van der Waals surface area contributed by atoms with Gasteiger partial charge >= 0.3 is 0 Å². The van der Waals surface area contributed by atoms with Crippen molar-refractivity contribution in [3.05, 3.63) is 34.6 Å². The lowest BCUT2D eigenvalue weighted by Gasteiger charge is -2.39. The predicted molar refractivity (Wildman–Crippen MR) is 80.8 cm³/mol. The topological polar surface area (TPSA) is 40.5 Å². The summed E-state index contributed by atoms with van der Waals surface area (Å²) in [6.45, 7) is 6.36. The molecule has 3 nitrogen and oxygen atoms in total. The van der Waals surface area contributed by atoms with E-state index in [1.165, 1.54) is 6.07 Å². The summed E-state index contributed by atoms with van der Waals surface area (Å²) in [6.07, 6.45) is 0.191. The molecule has 2 rings (SSSR count). The van der Waals surface area contributed by atoms with Gasteiger partial charge in [0, 0.05) is 23.7 Å². The number of hydrogen-bond donors (Lipinski definition) is 1. The normalized spacial score (nSPS) is 23.2. The van der Waals surface area contributed by atoms with Crippen molar-refractivity contribution in [2.45, 2.75) is 38.7 Å². The van der Waals surface area contributed by atoms with Crippen molar-refractivity contribution in [2.24, 2.45) is 5.92 Å². The van der Waals surface area contributed by atoms with Gasteiger partial charge in [0.05, 0.1) is 11.5 Å². The number of likely N-dealkylation sites (tertiary alicyclic amines) is 1. The molecule has 1 N–H and O–H groups in total. The van der Waals surface area contributed by atoms with E-state index in [0.29, 0.717) is 30.1 Å². The van der Waals surface area contributed by atoms with E-state index in [1.807, 2.05) is 6.92 Å². The van der Waals surface area contributed by atoms with E-state index in [-0.39, 0.29) is 17.9 Å². The molecule has 0 unspecified atom stereocenters. The number of aliphatic hydroxyl groups is 1. The SMILES string of the molecule is C[C@H]1CN(C(=O)C(C)(C)c2ccc(Cl)cc2F)CC[C@H]1O. The Morgan fingerprint density at radius 1 is 1.48 bits per heavy atom. The molecule has 0 spiro atoms. The molecule has 1 amide bonds. The van der Waals surface area contributed by atoms with Crippen molar-refractivity contribution in [1.29, 1.82) is 0 Å². The van der Waals surface area contributed by atoms with Crippen LogP contribution in [0.25, 0.3) is 0 Å². The van der Waals surface area contributed by atoms with Crippen LogP contribution in [0.15, 0.2) is 18.2 Å². The molecule has 116 valence electrons. The van der Waals surface area contributed by atoms with Gasteiger partial charge in [-0.1, -0.05) is 24.6 Å². The van der Waals surface area contributed by atoms with Crippen molar-refractivity contribution in [2.75, 3.05) is 13.1 Å². The van der Waals surface area contributed by atoms with E-state index < -0.39 is 11.2 Å². The van der Waals surface area contributed by atoms with Gasteiger partial charge in [-0.2, -0.15) is 0 Å². The van der Waals surface area contributed by atoms with Crippen LogP contribution in [0, 0.1) is 11.7 Å². The Bertz CT molecular complexity index is 547. The monoisotopic (exact) mass is 313 g/mol. The van der Waals surface area contributed by atoms with E-state index in [9.17, 15) is 14.3 Å². The van der Waals surface area contributed by atoms with Gasteiger partial charge in [0.1, 0.15) is 5.82 Å². The number of amides is 1. The first-order valence-electron chi connectivity index (χ1n) is 7.16. The lowest BCUT2D eigenvalue weighted by atomic mass is 9.81. The fraction of sp³-hybridized carbons (Fsp3) is 0.562. The number of hydrogen-bond acceptors (Lipinski definition) is 2. The zero-order valence-electron chi connectivity index (χ0n) is 12.6. The second-order valence-electron chi connectivity index (χ2n) is 6.33. The van der Waals surface area contributed by atoms with Gasteiger partial charge in [-0.3, -0.25) is 4.79 Å². The lowest BCUT2D eigenvalue weighted by molar-refractivity contribution is -0.140. The third kappa shape index (κ3) is 3.22. The lowest BCUT2D eigenvalue weighted by Crippen LogP contribution is -2.50. The van der Waals surface area contributed by atoms with Crippen LogP contribution in [0.1, 0.15) is 32.8 Å². The van der Waals surface area contributed by atoms with Crippen LogP contribution in [0.3, 0.4) is 0 Å². The summed E-state index contributed by atoms with van der Waals surface area (Å²) < 4.78 is 14.1. The maximum absolute atomic E-state index is 14.1. The maximum Gasteiger partial charge on any atom is 0.232 e. The summed E-state index contributed by atoms with van der Waals surface area (Å²) in [4.78, 5) is 14.5. The molecule has 5 heteroatoms. The van der Waals surface area contributed by atoms with Gasteiger partial charge in [0.2, 0.25) is 5.91 Å². The summed E-state index contributed by atoms with van der Waals surface area (Å²) in [6, 6.07) is 4.39. The molecule has 1 heterocycles. The molecule has 1 aromatic rings. The highest BCUT2D eigenvalue weighted by atomic mass is 35.5. The molecule has 0 radical (unpaired) electrons. The number of aliphatic hydroxyl groups excluding tert-OH is 1. The minimum absolute atomic E-state index is 0.0357. The summed E-state index contributed by atoms with van der Waals surface area (Å²) >= 11 is 5.77. The number of nitrogens with zero attached hydrogens (tertiary/aromatic N) is 1. The summed E-state index contributed by atoms with van der Waals surface area (Å²) in [5.41, 5.74) is -0.618. The molecule has 0 bridgehead atoms. The molecule has 1 aliphatic heterocycles. The first-order chi connectivity index (χ1) is 9.73. The number of benzene rings is 1. The van der Waals surface area contributed by atoms with Crippen LogP contribution in [0.5, 0.6) is 0 Å². The average molecular weight is 314 g/mol. The maximum atomic E-state index is 14.1. The van der Waals surface area contributed by atoms with Crippen LogP contribution in [0.2, 0.25) is 5.02 Å². The number of piperidine rings is 1. The zero-order valence-corrected chi connectivity index (χ0v) is 13.3. The highest BCUT2D eigenvalue weighted by Crippen LogP contribution is 2.31. The van der Waals surface area contributed by atoms with Gasteiger partial charge in [0.15, 0.2) is 0 Å². The zero-order chi connectivity index (χ0) is 15.8. The smallest absolute Gasteiger partial charge is 0.232 e. The van der Waals surface area contributed by atoms with Crippen LogP contribution in [0.4, 0.5) is 4.39 Å². The second-order valence-corrected chi connectivity index (χ2v) is 6.77. The third-order valence-electron chi connectivity index (χ3n) is 4.29. The number of carbonyl (C=O) groups is 1. The molecule has 0 aliphatic carbocycles. The van der Waals surface area contributed by atoms with Gasteiger partial charge in [0.25, 0.3) is 0 Å². The Hall–Kier alpha value is -1.13. The van der Waals surface area contributed by atoms with Gasteiger partial charge < -0.3 is 10.0 Å². The standard InChI is InChI=1S/C16H21ClFNO2/c1-10-9-19(7-6-14(10)20)15(21)16(2,3)12-5-4-11(17)8-13(12)18/h4-5,8,10,14,20H,6-7,9H2,1-3H3/t10-,14+/m0/s1. The fourth-order valence-electron chi connectivity index (χ4n) is 2.82. The Balaban J connectivity index is 2.24. The third-order valence-corrected chi connectivity index (χ3v) is 4.52.